The van der Waals surface area contributed by atoms with Crippen LogP contribution >= 0.6 is 0 Å². The van der Waals surface area contributed by atoms with E-state index >= 15 is 0 Å². The number of hydrogen-bond donors (Lipinski definition) is 2. The van der Waals surface area contributed by atoms with Crippen LogP contribution in [-0.4, -0.2) is 35.5 Å². The van der Waals surface area contributed by atoms with Gasteiger partial charge in [-0.05, 0) is 31.9 Å². The fourth-order valence-electron chi connectivity index (χ4n) is 2.75. The monoisotopic (exact) mass is 339 g/mol. The number of carbonyl (C=O) groups is 1. The maximum Gasteiger partial charge on any atom is 0.317 e. The summed E-state index contributed by atoms with van der Waals surface area (Å²) in [7, 11) is 1.96. The summed E-state index contributed by atoms with van der Waals surface area (Å²) in [5.74, 6) is 0.650. The van der Waals surface area contributed by atoms with Crippen LogP contribution in [0.3, 0.4) is 0 Å². The summed E-state index contributed by atoms with van der Waals surface area (Å²) >= 11 is 0. The van der Waals surface area contributed by atoms with Crippen molar-refractivity contribution in [2.45, 2.75) is 12.8 Å². The Hall–Kier alpha value is -2.93. The number of aromatic nitrogens is 2. The van der Waals surface area contributed by atoms with Gasteiger partial charge in [0.05, 0.1) is 18.9 Å². The number of nitrogens with two attached hydrogens (primary N) is 1. The molecular formula is C18H21N5O2. The third-order valence-electron chi connectivity index (χ3n) is 4.34. The summed E-state index contributed by atoms with van der Waals surface area (Å²) in [6.45, 7) is 6.90. The normalized spacial score (nSPS) is 14.9. The number of nitrogens with zero attached hydrogens (tertiary/aromatic N) is 3. The summed E-state index contributed by atoms with van der Waals surface area (Å²) in [5, 5.41) is 2.47. The Morgan fingerprint density at radius 2 is 2.28 bits per heavy atom. The van der Waals surface area contributed by atoms with Crippen LogP contribution in [-0.2, 0) is 11.8 Å². The summed E-state index contributed by atoms with van der Waals surface area (Å²) in [6.07, 6.45) is 3.76. The number of carbonyl (C=O) groups excluding carboxylic acids is 1. The van der Waals surface area contributed by atoms with Crippen molar-refractivity contribution in [2.24, 2.45) is 17.8 Å². The molecule has 2 aromatic rings. The minimum Gasteiger partial charge on any atom is -0.380 e. The Morgan fingerprint density at radius 3 is 2.88 bits per heavy atom. The maximum absolute atomic E-state index is 11.1. The first kappa shape index (κ1) is 16.9. The van der Waals surface area contributed by atoms with Gasteiger partial charge in [0.15, 0.2) is 0 Å². The molecule has 0 aromatic carbocycles. The molecule has 1 aliphatic heterocycles. The van der Waals surface area contributed by atoms with E-state index in [1.54, 1.807) is 6.08 Å². The lowest BCUT2D eigenvalue weighted by Crippen LogP contribution is -2.27. The van der Waals surface area contributed by atoms with Crippen molar-refractivity contribution < 1.29 is 9.53 Å². The van der Waals surface area contributed by atoms with Gasteiger partial charge >= 0.3 is 6.03 Å². The van der Waals surface area contributed by atoms with Gasteiger partial charge in [-0.1, -0.05) is 6.07 Å². The fourth-order valence-corrected chi connectivity index (χ4v) is 2.75. The SMILES string of the molecule is C=N/C(=C\c1c(-c2cccc(C3COC3)n2)cn(C)c1C)NC(N)=O. The highest BCUT2D eigenvalue weighted by Gasteiger charge is 2.22. The summed E-state index contributed by atoms with van der Waals surface area (Å²) < 4.78 is 7.27. The van der Waals surface area contributed by atoms with Crippen molar-refractivity contribution in [1.29, 1.82) is 0 Å². The molecule has 1 saturated heterocycles. The average Bonchev–Trinajstić information content (AvgIpc) is 2.81. The third kappa shape index (κ3) is 3.46. The Morgan fingerprint density at radius 1 is 1.52 bits per heavy atom. The molecule has 130 valence electrons. The lowest BCUT2D eigenvalue weighted by atomic mass is 10.0. The average molecular weight is 339 g/mol. The molecule has 0 spiro atoms. The van der Waals surface area contributed by atoms with Crippen LogP contribution in [0.2, 0.25) is 0 Å². The topological polar surface area (TPSA) is 94.5 Å². The number of ether oxygens (including phenoxy) is 1. The van der Waals surface area contributed by atoms with Crippen LogP contribution in [0.25, 0.3) is 17.3 Å². The van der Waals surface area contributed by atoms with E-state index in [0.29, 0.717) is 25.0 Å². The summed E-state index contributed by atoms with van der Waals surface area (Å²) in [4.78, 5) is 19.7. The van der Waals surface area contributed by atoms with Crippen molar-refractivity contribution in [3.63, 3.8) is 0 Å². The van der Waals surface area contributed by atoms with Crippen molar-refractivity contribution in [3.05, 3.63) is 47.2 Å². The van der Waals surface area contributed by atoms with E-state index in [9.17, 15) is 4.79 Å². The highest BCUT2D eigenvalue weighted by atomic mass is 16.5. The van der Waals surface area contributed by atoms with Crippen LogP contribution in [0.5, 0.6) is 0 Å². The highest BCUT2D eigenvalue weighted by molar-refractivity contribution is 5.79. The Labute approximate surface area is 146 Å². The molecule has 1 fully saturated rings. The molecule has 1 aliphatic rings. The fraction of sp³-hybridized carbons (Fsp3) is 0.278. The number of urea groups is 1. The second kappa shape index (κ2) is 6.90. The molecule has 2 aromatic heterocycles. The van der Waals surface area contributed by atoms with E-state index in [1.165, 1.54) is 0 Å². The number of aliphatic imine (C=N–C) groups is 1. The molecular weight excluding hydrogens is 318 g/mol. The standard InChI is InChI=1S/C18H21N5O2/c1-11-13(7-17(20-2)22-18(19)24)14(8-23(11)3)16-6-4-5-15(21-16)12-9-25-10-12/h4-8,12H,2,9-10H2,1,3H3,(H3,19,22,24)/b17-7+. The van der Waals surface area contributed by atoms with Crippen molar-refractivity contribution in [1.82, 2.24) is 14.9 Å². The molecule has 0 radical (unpaired) electrons. The zero-order chi connectivity index (χ0) is 18.0. The first-order valence-electron chi connectivity index (χ1n) is 7.95. The minimum absolute atomic E-state index is 0.298. The van der Waals surface area contributed by atoms with E-state index in [-0.39, 0.29) is 0 Å². The predicted octanol–water partition coefficient (Wildman–Crippen LogP) is 2.18. The lowest BCUT2D eigenvalue weighted by Gasteiger charge is -2.25. The maximum atomic E-state index is 11.1. The molecule has 0 unspecified atom stereocenters. The molecule has 3 heterocycles. The van der Waals surface area contributed by atoms with Crippen LogP contribution < -0.4 is 11.1 Å². The van der Waals surface area contributed by atoms with Gasteiger partial charge < -0.3 is 15.0 Å². The second-order valence-electron chi connectivity index (χ2n) is 6.01. The minimum atomic E-state index is -0.682. The van der Waals surface area contributed by atoms with Crippen molar-refractivity contribution in [3.8, 4) is 11.3 Å². The third-order valence-corrected chi connectivity index (χ3v) is 4.34. The first-order valence-corrected chi connectivity index (χ1v) is 7.95. The largest absolute Gasteiger partial charge is 0.380 e. The number of primary amides is 1. The number of pyridine rings is 1. The number of nitrogens with one attached hydrogen (secondary N) is 1. The molecule has 25 heavy (non-hydrogen) atoms. The molecule has 0 bridgehead atoms. The summed E-state index contributed by atoms with van der Waals surface area (Å²) in [6, 6.07) is 5.31. The Kier molecular flexibility index (Phi) is 4.67. The zero-order valence-electron chi connectivity index (χ0n) is 14.3. The smallest absolute Gasteiger partial charge is 0.317 e. The number of aryl methyl sites for hydroxylation is 1. The quantitative estimate of drug-likeness (QED) is 0.817. The highest BCUT2D eigenvalue weighted by Crippen LogP contribution is 2.30. The van der Waals surface area contributed by atoms with Crippen molar-refractivity contribution in [2.75, 3.05) is 13.2 Å². The molecule has 3 N–H and O–H groups in total. The van der Waals surface area contributed by atoms with Crippen LogP contribution in [0.1, 0.15) is 22.9 Å². The lowest BCUT2D eigenvalue weighted by molar-refractivity contribution is 0.00676. The van der Waals surface area contributed by atoms with Gasteiger partial charge in [-0.2, -0.15) is 0 Å². The van der Waals surface area contributed by atoms with E-state index in [1.807, 2.05) is 42.9 Å². The van der Waals surface area contributed by atoms with Gasteiger partial charge in [0.1, 0.15) is 5.82 Å². The predicted molar refractivity (Wildman–Crippen MR) is 97.2 cm³/mol. The van der Waals surface area contributed by atoms with E-state index < -0.39 is 6.03 Å². The van der Waals surface area contributed by atoms with Crippen LogP contribution in [0, 0.1) is 6.92 Å². The van der Waals surface area contributed by atoms with Crippen molar-refractivity contribution >= 4 is 18.8 Å². The van der Waals surface area contributed by atoms with Gasteiger partial charge in [-0.15, -0.1) is 0 Å². The number of hydrogen-bond acceptors (Lipinski definition) is 4. The van der Waals surface area contributed by atoms with Gasteiger partial charge in [0.25, 0.3) is 0 Å². The van der Waals surface area contributed by atoms with Gasteiger partial charge in [0, 0.05) is 41.7 Å². The van der Waals surface area contributed by atoms with Gasteiger partial charge in [0.2, 0.25) is 0 Å². The second-order valence-corrected chi connectivity index (χ2v) is 6.01. The molecule has 7 nitrogen and oxygen atoms in total. The first-order chi connectivity index (χ1) is 12.0. The summed E-state index contributed by atoms with van der Waals surface area (Å²) in [5.41, 5.74) is 9.95. The molecule has 0 saturated carbocycles. The molecule has 0 atom stereocenters. The number of rotatable bonds is 5. The van der Waals surface area contributed by atoms with Crippen LogP contribution in [0.4, 0.5) is 4.79 Å². The van der Waals surface area contributed by atoms with E-state index in [0.717, 1.165) is 28.2 Å². The molecule has 3 rings (SSSR count). The molecule has 7 heteroatoms. The number of amides is 2. The van der Waals surface area contributed by atoms with E-state index in [2.05, 4.69) is 17.0 Å². The Balaban J connectivity index is 2.05. The molecule has 0 aliphatic carbocycles. The zero-order valence-corrected chi connectivity index (χ0v) is 14.3. The van der Waals surface area contributed by atoms with Gasteiger partial charge in [-0.25, -0.2) is 9.79 Å². The van der Waals surface area contributed by atoms with E-state index in [4.69, 9.17) is 15.5 Å². The Bertz CT molecular complexity index is 849. The molecule has 2 amide bonds. The van der Waals surface area contributed by atoms with Gasteiger partial charge in [-0.3, -0.25) is 10.3 Å². The van der Waals surface area contributed by atoms with Crippen LogP contribution in [0.15, 0.2) is 35.2 Å².